The van der Waals surface area contributed by atoms with Gasteiger partial charge in [0.2, 0.25) is 5.91 Å². The molecule has 0 aliphatic heterocycles. The number of aliphatic hydroxyl groups excluding tert-OH is 1. The van der Waals surface area contributed by atoms with E-state index in [9.17, 15) is 22.9 Å². The van der Waals surface area contributed by atoms with Crippen LogP contribution in [0.1, 0.15) is 251 Å². The lowest BCUT2D eigenvalue weighted by atomic mass is 10.0. The maximum absolute atomic E-state index is 12.5. The highest BCUT2D eigenvalue weighted by atomic mass is 32.2. The Hall–Kier alpha value is -0.920. The Bertz CT molecular complexity index is 877. The van der Waals surface area contributed by atoms with Crippen LogP contribution in [-0.4, -0.2) is 41.9 Å². The topological polar surface area (TPSA) is 104 Å². The van der Waals surface area contributed by atoms with Crippen LogP contribution in [0.2, 0.25) is 0 Å². The molecule has 2 atom stereocenters. The molecular formula is C45H89NO5S. The zero-order chi connectivity index (χ0) is 38.2. The lowest BCUT2D eigenvalue weighted by Crippen LogP contribution is -2.47. The minimum atomic E-state index is -4.31. The normalized spacial score (nSPS) is 13.2. The number of carbonyl (C=O) groups is 1. The van der Waals surface area contributed by atoms with Gasteiger partial charge in [-0.3, -0.25) is 9.35 Å². The summed E-state index contributed by atoms with van der Waals surface area (Å²) >= 11 is 0. The van der Waals surface area contributed by atoms with Crippen LogP contribution >= 0.6 is 0 Å². The van der Waals surface area contributed by atoms with Gasteiger partial charge >= 0.3 is 0 Å². The number of amides is 1. The maximum Gasteiger partial charge on any atom is 0.266 e. The van der Waals surface area contributed by atoms with E-state index in [1.165, 1.54) is 173 Å². The zero-order valence-electron chi connectivity index (χ0n) is 34.7. The van der Waals surface area contributed by atoms with Gasteiger partial charge in [0.25, 0.3) is 10.1 Å². The Kier molecular flexibility index (Phi) is 39.1. The Balaban J connectivity index is 3.78. The van der Waals surface area contributed by atoms with Crippen molar-refractivity contribution in [3.05, 3.63) is 12.2 Å². The van der Waals surface area contributed by atoms with Crippen LogP contribution in [0.25, 0.3) is 0 Å². The molecule has 0 aromatic heterocycles. The minimum Gasteiger partial charge on any atom is -0.391 e. The number of nitrogens with one attached hydrogen (secondary N) is 1. The van der Waals surface area contributed by atoms with Gasteiger partial charge < -0.3 is 10.4 Å². The second kappa shape index (κ2) is 39.8. The molecule has 1 amide bonds. The van der Waals surface area contributed by atoms with Gasteiger partial charge in [-0.05, 0) is 38.5 Å². The number of rotatable bonds is 42. The second-order valence-electron chi connectivity index (χ2n) is 16.0. The fourth-order valence-corrected chi connectivity index (χ4v) is 8.03. The zero-order valence-corrected chi connectivity index (χ0v) is 35.5. The number of carbonyl (C=O) groups excluding carboxylic acids is 1. The van der Waals surface area contributed by atoms with Crippen LogP contribution in [0, 0.1) is 0 Å². The largest absolute Gasteiger partial charge is 0.391 e. The number of allylic oxidation sites excluding steroid dienone is 2. The molecule has 310 valence electrons. The highest BCUT2D eigenvalue weighted by Crippen LogP contribution is 2.17. The van der Waals surface area contributed by atoms with Gasteiger partial charge in [-0.1, -0.05) is 219 Å². The van der Waals surface area contributed by atoms with Crippen LogP contribution in [0.15, 0.2) is 12.2 Å². The summed E-state index contributed by atoms with van der Waals surface area (Å²) in [4.78, 5) is 12.5. The molecule has 0 heterocycles. The van der Waals surface area contributed by atoms with Crippen LogP contribution in [-0.2, 0) is 14.9 Å². The van der Waals surface area contributed by atoms with Crippen LogP contribution in [0.3, 0.4) is 0 Å². The molecule has 52 heavy (non-hydrogen) atoms. The first-order valence-electron chi connectivity index (χ1n) is 22.9. The van der Waals surface area contributed by atoms with Crippen LogP contribution in [0.5, 0.6) is 0 Å². The molecular weight excluding hydrogens is 667 g/mol. The monoisotopic (exact) mass is 756 g/mol. The fraction of sp³-hybridized carbons (Fsp3) is 0.933. The van der Waals surface area contributed by atoms with Crippen molar-refractivity contribution in [1.82, 2.24) is 5.32 Å². The number of unbranched alkanes of at least 4 members (excludes halogenated alkanes) is 32. The Morgan fingerprint density at radius 2 is 0.808 bits per heavy atom. The SMILES string of the molecule is CCCCCCCCC/C=C\CCCCCCCC(=O)NC(CS(=O)(=O)O)C(O)CCCCCCCCCCCCCCCCCCCCCCC. The average Bonchev–Trinajstić information content (AvgIpc) is 3.11. The van der Waals surface area contributed by atoms with E-state index >= 15 is 0 Å². The van der Waals surface area contributed by atoms with Crippen LogP contribution in [0.4, 0.5) is 0 Å². The third-order valence-electron chi connectivity index (χ3n) is 10.7. The predicted molar refractivity (Wildman–Crippen MR) is 226 cm³/mol. The summed E-state index contributed by atoms with van der Waals surface area (Å²) in [7, 11) is -4.31. The quantitative estimate of drug-likeness (QED) is 0.0327. The van der Waals surface area contributed by atoms with Crippen LogP contribution < -0.4 is 5.32 Å². The third-order valence-corrected chi connectivity index (χ3v) is 11.5. The first-order valence-corrected chi connectivity index (χ1v) is 24.5. The number of aliphatic hydroxyl groups is 1. The molecule has 0 aliphatic carbocycles. The van der Waals surface area contributed by atoms with Crippen molar-refractivity contribution < 1.29 is 22.9 Å². The molecule has 0 aliphatic rings. The maximum atomic E-state index is 12.5. The van der Waals surface area contributed by atoms with E-state index in [0.717, 1.165) is 51.4 Å². The second-order valence-corrected chi connectivity index (χ2v) is 17.5. The molecule has 0 spiro atoms. The van der Waals surface area contributed by atoms with E-state index in [1.807, 2.05) is 0 Å². The van der Waals surface area contributed by atoms with Gasteiger partial charge in [0, 0.05) is 6.42 Å². The van der Waals surface area contributed by atoms with Crippen molar-refractivity contribution in [2.24, 2.45) is 0 Å². The summed E-state index contributed by atoms with van der Waals surface area (Å²) in [5.74, 6) is -0.897. The Morgan fingerprint density at radius 3 is 1.15 bits per heavy atom. The summed E-state index contributed by atoms with van der Waals surface area (Å²) in [6.07, 6.45) is 48.8. The smallest absolute Gasteiger partial charge is 0.266 e. The minimum absolute atomic E-state index is 0.250. The molecule has 0 rings (SSSR count). The lowest BCUT2D eigenvalue weighted by Gasteiger charge is -2.23. The van der Waals surface area contributed by atoms with Crippen molar-refractivity contribution in [1.29, 1.82) is 0 Å². The molecule has 0 bridgehead atoms. The molecule has 3 N–H and O–H groups in total. The summed E-state index contributed by atoms with van der Waals surface area (Å²) in [5.41, 5.74) is 0. The summed E-state index contributed by atoms with van der Waals surface area (Å²) in [5, 5.41) is 13.4. The van der Waals surface area contributed by atoms with Gasteiger partial charge in [0.15, 0.2) is 0 Å². The summed E-state index contributed by atoms with van der Waals surface area (Å²) < 4.78 is 32.6. The van der Waals surface area contributed by atoms with Gasteiger partial charge in [0.05, 0.1) is 17.9 Å². The fourth-order valence-electron chi connectivity index (χ4n) is 7.27. The van der Waals surface area contributed by atoms with E-state index in [4.69, 9.17) is 0 Å². The van der Waals surface area contributed by atoms with E-state index in [0.29, 0.717) is 12.8 Å². The molecule has 0 saturated heterocycles. The first-order chi connectivity index (χ1) is 25.3. The molecule has 0 radical (unpaired) electrons. The Labute approximate surface area is 324 Å². The standard InChI is InChI=1S/C45H89NO5S/c1-3-5-7-9-11-13-15-17-19-21-22-23-24-25-26-28-30-32-34-36-38-40-44(47)43(42-52(49,50)51)46-45(48)41-39-37-35-33-31-29-27-20-18-16-14-12-10-8-6-4-2/h20,27,43-44,47H,3-19,21-26,28-42H2,1-2H3,(H,46,48)(H,49,50,51)/b27-20-. The van der Waals surface area contributed by atoms with Crippen molar-refractivity contribution in [2.45, 2.75) is 264 Å². The number of hydrogen-bond acceptors (Lipinski definition) is 4. The van der Waals surface area contributed by atoms with E-state index in [-0.39, 0.29) is 5.91 Å². The van der Waals surface area contributed by atoms with E-state index < -0.39 is 28.0 Å². The Morgan fingerprint density at radius 1 is 0.500 bits per heavy atom. The van der Waals surface area contributed by atoms with Gasteiger partial charge in [-0.15, -0.1) is 0 Å². The molecule has 0 aromatic rings. The van der Waals surface area contributed by atoms with Crippen molar-refractivity contribution >= 4 is 16.0 Å². The van der Waals surface area contributed by atoms with Gasteiger partial charge in [0.1, 0.15) is 0 Å². The lowest BCUT2D eigenvalue weighted by molar-refractivity contribution is -0.122. The van der Waals surface area contributed by atoms with E-state index in [1.54, 1.807) is 0 Å². The van der Waals surface area contributed by atoms with Gasteiger partial charge in [-0.2, -0.15) is 8.42 Å². The molecule has 0 fully saturated rings. The molecule has 2 unspecified atom stereocenters. The first kappa shape index (κ1) is 51.1. The molecule has 0 saturated carbocycles. The summed E-state index contributed by atoms with van der Waals surface area (Å²) in [6.45, 7) is 4.54. The van der Waals surface area contributed by atoms with Gasteiger partial charge in [-0.25, -0.2) is 0 Å². The molecule has 0 aromatic carbocycles. The third kappa shape index (κ3) is 40.3. The highest BCUT2D eigenvalue weighted by molar-refractivity contribution is 7.85. The van der Waals surface area contributed by atoms with Crippen molar-refractivity contribution in [3.8, 4) is 0 Å². The average molecular weight is 756 g/mol. The number of hydrogen-bond donors (Lipinski definition) is 3. The molecule has 6 nitrogen and oxygen atoms in total. The predicted octanol–water partition coefficient (Wildman–Crippen LogP) is 13.7. The van der Waals surface area contributed by atoms with E-state index in [2.05, 4.69) is 31.3 Å². The highest BCUT2D eigenvalue weighted by Gasteiger charge is 2.26. The van der Waals surface area contributed by atoms with Crippen molar-refractivity contribution in [3.63, 3.8) is 0 Å². The summed E-state index contributed by atoms with van der Waals surface area (Å²) in [6, 6.07) is -0.972. The van der Waals surface area contributed by atoms with Crippen molar-refractivity contribution in [2.75, 3.05) is 5.75 Å². The molecule has 7 heteroatoms.